The van der Waals surface area contributed by atoms with Gasteiger partial charge in [0.25, 0.3) is 0 Å². The lowest BCUT2D eigenvalue weighted by atomic mass is 9.65. The fourth-order valence-electron chi connectivity index (χ4n) is 4.60. The Hall–Kier alpha value is -1.61. The molecule has 0 aromatic heterocycles. The molecule has 1 aromatic rings. The van der Waals surface area contributed by atoms with E-state index in [1.807, 2.05) is 17.0 Å². The smallest absolute Gasteiger partial charge is 0.225 e. The summed E-state index contributed by atoms with van der Waals surface area (Å²) in [7, 11) is 0. The summed E-state index contributed by atoms with van der Waals surface area (Å²) in [4.78, 5) is 15.1. The molecular weight excluding hydrogens is 296 g/mol. The minimum absolute atomic E-state index is 0.163. The van der Waals surface area contributed by atoms with Gasteiger partial charge in [-0.15, -0.1) is 6.58 Å². The minimum atomic E-state index is 0.163. The molecule has 2 saturated carbocycles. The van der Waals surface area contributed by atoms with Crippen LogP contribution in [0.25, 0.3) is 0 Å². The van der Waals surface area contributed by atoms with Crippen LogP contribution in [0.15, 0.2) is 43.0 Å². The molecule has 2 N–H and O–H groups in total. The van der Waals surface area contributed by atoms with E-state index in [1.54, 1.807) is 0 Å². The molecule has 3 nitrogen and oxygen atoms in total. The van der Waals surface area contributed by atoms with Crippen LogP contribution in [-0.4, -0.2) is 29.9 Å². The number of carbonyl (C=O) groups excluding carboxylic acids is 1. The van der Waals surface area contributed by atoms with Gasteiger partial charge in [0.15, 0.2) is 0 Å². The highest BCUT2D eigenvalue weighted by atomic mass is 16.2. The van der Waals surface area contributed by atoms with Gasteiger partial charge in [-0.1, -0.05) is 42.8 Å². The number of hydrogen-bond donors (Lipinski definition) is 1. The monoisotopic (exact) mass is 326 g/mol. The van der Waals surface area contributed by atoms with Gasteiger partial charge in [-0.3, -0.25) is 4.79 Å². The van der Waals surface area contributed by atoms with Gasteiger partial charge in [0.2, 0.25) is 5.91 Å². The van der Waals surface area contributed by atoms with E-state index in [2.05, 4.69) is 30.8 Å². The quantitative estimate of drug-likeness (QED) is 0.815. The van der Waals surface area contributed by atoms with E-state index in [4.69, 9.17) is 5.73 Å². The van der Waals surface area contributed by atoms with Crippen LogP contribution >= 0.6 is 0 Å². The molecule has 24 heavy (non-hydrogen) atoms. The highest BCUT2D eigenvalue weighted by Gasteiger charge is 2.41. The van der Waals surface area contributed by atoms with E-state index < -0.39 is 0 Å². The molecule has 0 aliphatic heterocycles. The standard InChI is InChI=1S/C21H30N2O/c1-2-12-23(13-11-16-7-4-3-5-8-16)21(24)19-14-17-9-6-10-18(15-19)20(17)22/h2-5,7-8,17-20H,1,6,9-15,22H2. The van der Waals surface area contributed by atoms with Crippen molar-refractivity contribution in [2.45, 2.75) is 44.6 Å². The molecule has 0 radical (unpaired) electrons. The van der Waals surface area contributed by atoms with Crippen LogP contribution in [0, 0.1) is 17.8 Å². The molecule has 2 unspecified atom stereocenters. The Morgan fingerprint density at radius 3 is 2.50 bits per heavy atom. The summed E-state index contributed by atoms with van der Waals surface area (Å²) >= 11 is 0. The highest BCUT2D eigenvalue weighted by molar-refractivity contribution is 5.79. The average Bonchev–Trinajstić information content (AvgIpc) is 2.59. The van der Waals surface area contributed by atoms with Crippen molar-refractivity contribution < 1.29 is 4.79 Å². The van der Waals surface area contributed by atoms with E-state index in [1.165, 1.54) is 24.8 Å². The molecule has 2 fully saturated rings. The first-order valence-corrected chi connectivity index (χ1v) is 9.38. The molecule has 1 aromatic carbocycles. The molecule has 0 spiro atoms. The van der Waals surface area contributed by atoms with E-state index in [0.717, 1.165) is 25.8 Å². The van der Waals surface area contributed by atoms with Crippen molar-refractivity contribution in [3.05, 3.63) is 48.6 Å². The third-order valence-corrected chi connectivity index (χ3v) is 5.94. The van der Waals surface area contributed by atoms with Gasteiger partial charge >= 0.3 is 0 Å². The second kappa shape index (κ2) is 7.98. The number of carbonyl (C=O) groups is 1. The molecule has 2 aliphatic rings. The third-order valence-electron chi connectivity index (χ3n) is 5.94. The molecule has 3 rings (SSSR count). The third kappa shape index (κ3) is 3.89. The van der Waals surface area contributed by atoms with Crippen LogP contribution in [0.1, 0.15) is 37.7 Å². The fourth-order valence-corrected chi connectivity index (χ4v) is 4.60. The molecule has 2 atom stereocenters. The van der Waals surface area contributed by atoms with Gasteiger partial charge in [-0.2, -0.15) is 0 Å². The molecule has 1 amide bonds. The summed E-state index contributed by atoms with van der Waals surface area (Å²) in [5, 5.41) is 0. The molecule has 2 bridgehead atoms. The maximum atomic E-state index is 13.1. The number of amides is 1. The highest BCUT2D eigenvalue weighted by Crippen LogP contribution is 2.42. The Balaban J connectivity index is 1.62. The summed E-state index contributed by atoms with van der Waals surface area (Å²) < 4.78 is 0. The molecule has 130 valence electrons. The predicted octanol–water partition coefficient (Wildman–Crippen LogP) is 3.40. The van der Waals surface area contributed by atoms with E-state index in [0.29, 0.717) is 30.3 Å². The van der Waals surface area contributed by atoms with E-state index >= 15 is 0 Å². The van der Waals surface area contributed by atoms with Crippen molar-refractivity contribution in [2.24, 2.45) is 23.5 Å². The number of fused-ring (bicyclic) bond motifs is 2. The zero-order chi connectivity index (χ0) is 16.9. The van der Waals surface area contributed by atoms with Crippen LogP contribution in [-0.2, 0) is 11.2 Å². The van der Waals surface area contributed by atoms with Crippen LogP contribution in [0.4, 0.5) is 0 Å². The number of hydrogen-bond acceptors (Lipinski definition) is 2. The summed E-state index contributed by atoms with van der Waals surface area (Å²) in [6, 6.07) is 10.7. The zero-order valence-corrected chi connectivity index (χ0v) is 14.6. The average molecular weight is 326 g/mol. The van der Waals surface area contributed by atoms with Crippen molar-refractivity contribution >= 4 is 5.91 Å². The zero-order valence-electron chi connectivity index (χ0n) is 14.6. The van der Waals surface area contributed by atoms with Crippen LogP contribution in [0.2, 0.25) is 0 Å². The molecule has 2 aliphatic carbocycles. The lowest BCUT2D eigenvalue weighted by Gasteiger charge is -2.44. The Morgan fingerprint density at radius 1 is 1.21 bits per heavy atom. The lowest BCUT2D eigenvalue weighted by Crippen LogP contribution is -2.50. The fraction of sp³-hybridized carbons (Fsp3) is 0.571. The van der Waals surface area contributed by atoms with Crippen molar-refractivity contribution in [1.82, 2.24) is 4.90 Å². The van der Waals surface area contributed by atoms with Gasteiger partial charge in [-0.25, -0.2) is 0 Å². The predicted molar refractivity (Wildman–Crippen MR) is 98.5 cm³/mol. The topological polar surface area (TPSA) is 46.3 Å². The molecule has 0 heterocycles. The second-order valence-electron chi connectivity index (χ2n) is 7.51. The number of nitrogens with zero attached hydrogens (tertiary/aromatic N) is 1. The van der Waals surface area contributed by atoms with E-state index in [-0.39, 0.29) is 5.92 Å². The molecular formula is C21H30N2O. The molecule has 3 heteroatoms. The summed E-state index contributed by atoms with van der Waals surface area (Å²) in [5.41, 5.74) is 7.65. The SMILES string of the molecule is C=CCN(CCc1ccccc1)C(=O)C1CC2CCCC(C1)C2N. The van der Waals surface area contributed by atoms with Crippen LogP contribution < -0.4 is 5.73 Å². The lowest BCUT2D eigenvalue weighted by molar-refractivity contribution is -0.138. The normalized spacial score (nSPS) is 29.0. The van der Waals surface area contributed by atoms with Gasteiger partial charge in [-0.05, 0) is 49.5 Å². The largest absolute Gasteiger partial charge is 0.338 e. The first-order valence-electron chi connectivity index (χ1n) is 9.38. The van der Waals surface area contributed by atoms with Crippen LogP contribution in [0.3, 0.4) is 0 Å². The van der Waals surface area contributed by atoms with Crippen molar-refractivity contribution in [3.63, 3.8) is 0 Å². The number of rotatable bonds is 6. The summed E-state index contributed by atoms with van der Waals surface area (Å²) in [6.45, 7) is 5.25. The second-order valence-corrected chi connectivity index (χ2v) is 7.51. The Bertz CT molecular complexity index is 542. The first kappa shape index (κ1) is 17.2. The van der Waals surface area contributed by atoms with Crippen molar-refractivity contribution in [3.8, 4) is 0 Å². The van der Waals surface area contributed by atoms with Gasteiger partial charge in [0, 0.05) is 25.0 Å². The Kier molecular flexibility index (Phi) is 5.72. The number of benzene rings is 1. The van der Waals surface area contributed by atoms with E-state index in [9.17, 15) is 4.79 Å². The Morgan fingerprint density at radius 2 is 1.88 bits per heavy atom. The van der Waals surface area contributed by atoms with Crippen LogP contribution in [0.5, 0.6) is 0 Å². The number of nitrogens with two attached hydrogens (primary N) is 1. The molecule has 0 saturated heterocycles. The first-order chi connectivity index (χ1) is 11.7. The van der Waals surface area contributed by atoms with Crippen molar-refractivity contribution in [1.29, 1.82) is 0 Å². The van der Waals surface area contributed by atoms with Gasteiger partial charge in [0.1, 0.15) is 0 Å². The summed E-state index contributed by atoms with van der Waals surface area (Å²) in [5.74, 6) is 1.57. The van der Waals surface area contributed by atoms with Gasteiger partial charge < -0.3 is 10.6 Å². The summed E-state index contributed by atoms with van der Waals surface area (Å²) in [6.07, 6.45) is 8.40. The van der Waals surface area contributed by atoms with Crippen molar-refractivity contribution in [2.75, 3.05) is 13.1 Å². The van der Waals surface area contributed by atoms with Gasteiger partial charge in [0.05, 0.1) is 0 Å². The Labute approximate surface area is 145 Å². The maximum absolute atomic E-state index is 13.1. The maximum Gasteiger partial charge on any atom is 0.225 e. The minimum Gasteiger partial charge on any atom is -0.338 e.